The van der Waals surface area contributed by atoms with E-state index in [1.54, 1.807) is 25.6 Å². The molecule has 0 aliphatic heterocycles. The maximum atomic E-state index is 13.8. The SMILES string of the molecule is COC1=CC(NC(C(=O)c2cscc2C2CCCC2)c2ccccc2)=CC(OC)C1. The minimum Gasteiger partial charge on any atom is -0.501 e. The predicted octanol–water partition coefficient (Wildman–Crippen LogP) is 5.75. The van der Waals surface area contributed by atoms with Gasteiger partial charge in [-0.05, 0) is 47.4 Å². The molecule has 2 unspecified atom stereocenters. The van der Waals surface area contributed by atoms with Gasteiger partial charge in [0.25, 0.3) is 0 Å². The molecule has 0 amide bonds. The van der Waals surface area contributed by atoms with Crippen molar-refractivity contribution in [3.63, 3.8) is 0 Å². The molecule has 5 heteroatoms. The number of hydrogen-bond acceptors (Lipinski definition) is 5. The average molecular weight is 424 g/mol. The van der Waals surface area contributed by atoms with Crippen LogP contribution in [0.2, 0.25) is 0 Å². The topological polar surface area (TPSA) is 47.6 Å². The lowest BCUT2D eigenvalue weighted by Crippen LogP contribution is -2.30. The van der Waals surface area contributed by atoms with Crippen LogP contribution in [0.3, 0.4) is 0 Å². The second-order valence-electron chi connectivity index (χ2n) is 7.99. The Morgan fingerprint density at radius 3 is 2.60 bits per heavy atom. The molecule has 4 rings (SSSR count). The normalized spacial score (nSPS) is 20.4. The van der Waals surface area contributed by atoms with Crippen LogP contribution in [-0.2, 0) is 9.47 Å². The van der Waals surface area contributed by atoms with E-state index in [9.17, 15) is 4.79 Å². The standard InChI is InChI=1S/C25H29NO3S/c1-28-20-12-19(13-21(14-20)29-2)26-24(18-10-4-3-5-11-18)25(27)23-16-30-15-22(23)17-8-6-7-9-17/h3-5,10-13,15-17,20,24,26H,6-9,14H2,1-2H3. The van der Waals surface area contributed by atoms with Crippen LogP contribution in [0, 0.1) is 0 Å². The van der Waals surface area contributed by atoms with Gasteiger partial charge in [0.05, 0.1) is 13.2 Å². The molecular weight excluding hydrogens is 394 g/mol. The van der Waals surface area contributed by atoms with Crippen LogP contribution >= 0.6 is 11.3 Å². The average Bonchev–Trinajstić information content (AvgIpc) is 3.49. The number of hydrogen-bond donors (Lipinski definition) is 1. The van der Waals surface area contributed by atoms with E-state index in [-0.39, 0.29) is 11.9 Å². The summed E-state index contributed by atoms with van der Waals surface area (Å²) in [6, 6.07) is 9.49. The molecule has 4 nitrogen and oxygen atoms in total. The first-order valence-electron chi connectivity index (χ1n) is 10.6. The first kappa shape index (κ1) is 20.9. The van der Waals surface area contributed by atoms with Crippen LogP contribution in [-0.4, -0.2) is 26.1 Å². The second kappa shape index (κ2) is 9.63. The van der Waals surface area contributed by atoms with Crippen LogP contribution in [0.5, 0.6) is 0 Å². The molecule has 0 bridgehead atoms. The Morgan fingerprint density at radius 2 is 1.90 bits per heavy atom. The zero-order valence-corrected chi connectivity index (χ0v) is 18.4. The Labute approximate surface area is 182 Å². The van der Waals surface area contributed by atoms with E-state index in [0.717, 1.165) is 22.6 Å². The molecular formula is C25H29NO3S. The molecule has 0 spiro atoms. The lowest BCUT2D eigenvalue weighted by atomic mass is 9.90. The van der Waals surface area contributed by atoms with E-state index in [0.29, 0.717) is 12.3 Å². The highest BCUT2D eigenvalue weighted by Crippen LogP contribution is 2.38. The highest BCUT2D eigenvalue weighted by Gasteiger charge is 2.29. The lowest BCUT2D eigenvalue weighted by Gasteiger charge is -2.25. The van der Waals surface area contributed by atoms with Crippen molar-refractivity contribution in [2.45, 2.75) is 50.2 Å². The summed E-state index contributed by atoms with van der Waals surface area (Å²) in [7, 11) is 3.36. The molecule has 2 atom stereocenters. The zero-order chi connectivity index (χ0) is 20.9. The third-order valence-electron chi connectivity index (χ3n) is 6.11. The van der Waals surface area contributed by atoms with Gasteiger partial charge in [0.15, 0.2) is 5.78 Å². The fourth-order valence-electron chi connectivity index (χ4n) is 4.45. The van der Waals surface area contributed by atoms with Gasteiger partial charge in [-0.3, -0.25) is 4.79 Å². The highest BCUT2D eigenvalue weighted by molar-refractivity contribution is 7.08. The van der Waals surface area contributed by atoms with Gasteiger partial charge in [-0.25, -0.2) is 0 Å². The molecule has 2 aliphatic rings. The largest absolute Gasteiger partial charge is 0.501 e. The van der Waals surface area contributed by atoms with Crippen molar-refractivity contribution in [2.75, 3.05) is 14.2 Å². The molecule has 1 saturated carbocycles. The van der Waals surface area contributed by atoms with Crippen molar-refractivity contribution >= 4 is 17.1 Å². The van der Waals surface area contributed by atoms with Crippen LogP contribution in [0.25, 0.3) is 0 Å². The fourth-order valence-corrected chi connectivity index (χ4v) is 5.37. The van der Waals surface area contributed by atoms with Crippen molar-refractivity contribution in [1.29, 1.82) is 0 Å². The Kier molecular flexibility index (Phi) is 6.70. The molecule has 1 heterocycles. The van der Waals surface area contributed by atoms with Crippen molar-refractivity contribution in [3.8, 4) is 0 Å². The number of Topliss-reactive ketones (excluding diaryl/α,β-unsaturated/α-hetero) is 1. The molecule has 1 N–H and O–H groups in total. The number of allylic oxidation sites excluding steroid dienone is 1. The third-order valence-corrected chi connectivity index (χ3v) is 6.87. The maximum Gasteiger partial charge on any atom is 0.190 e. The number of carbonyl (C=O) groups is 1. The smallest absolute Gasteiger partial charge is 0.190 e. The van der Waals surface area contributed by atoms with Crippen LogP contribution in [0.15, 0.2) is 64.7 Å². The van der Waals surface area contributed by atoms with Gasteiger partial charge < -0.3 is 14.8 Å². The quantitative estimate of drug-likeness (QED) is 0.549. The number of nitrogens with one attached hydrogen (secondary N) is 1. The van der Waals surface area contributed by atoms with Crippen LogP contribution < -0.4 is 5.32 Å². The van der Waals surface area contributed by atoms with Gasteiger partial charge in [-0.15, -0.1) is 0 Å². The molecule has 1 aromatic heterocycles. The minimum absolute atomic E-state index is 0.0748. The van der Waals surface area contributed by atoms with Crippen LogP contribution in [0.4, 0.5) is 0 Å². The van der Waals surface area contributed by atoms with Crippen molar-refractivity contribution in [3.05, 3.63) is 81.4 Å². The molecule has 0 saturated heterocycles. The first-order valence-corrected chi connectivity index (χ1v) is 11.5. The second-order valence-corrected chi connectivity index (χ2v) is 8.73. The summed E-state index contributed by atoms with van der Waals surface area (Å²) >= 11 is 1.63. The number of benzene rings is 1. The molecule has 2 aromatic rings. The Morgan fingerprint density at radius 1 is 1.13 bits per heavy atom. The van der Waals surface area contributed by atoms with Crippen molar-refractivity contribution in [1.82, 2.24) is 5.32 Å². The van der Waals surface area contributed by atoms with Gasteiger partial charge in [0.1, 0.15) is 11.8 Å². The van der Waals surface area contributed by atoms with E-state index >= 15 is 0 Å². The van der Waals surface area contributed by atoms with Crippen LogP contribution in [0.1, 0.15) is 65.5 Å². The van der Waals surface area contributed by atoms with E-state index in [1.807, 2.05) is 47.9 Å². The van der Waals surface area contributed by atoms with Gasteiger partial charge in [0, 0.05) is 30.2 Å². The lowest BCUT2D eigenvalue weighted by molar-refractivity contribution is 0.0944. The Hall–Kier alpha value is -2.37. The van der Waals surface area contributed by atoms with Crippen molar-refractivity contribution < 1.29 is 14.3 Å². The summed E-state index contributed by atoms with van der Waals surface area (Å²) in [5.41, 5.74) is 3.90. The number of ketones is 1. The molecule has 2 aliphatic carbocycles. The fraction of sp³-hybridized carbons (Fsp3) is 0.400. The van der Waals surface area contributed by atoms with E-state index < -0.39 is 6.04 Å². The van der Waals surface area contributed by atoms with E-state index in [4.69, 9.17) is 9.47 Å². The Bertz CT molecular complexity index is 925. The number of methoxy groups -OCH3 is 2. The number of ether oxygens (including phenoxy) is 2. The summed E-state index contributed by atoms with van der Waals surface area (Å²) in [5.74, 6) is 1.48. The monoisotopic (exact) mass is 423 g/mol. The summed E-state index contributed by atoms with van der Waals surface area (Å²) in [4.78, 5) is 13.8. The number of rotatable bonds is 8. The summed E-state index contributed by atoms with van der Waals surface area (Å²) in [6.07, 6.45) is 9.48. The van der Waals surface area contributed by atoms with Gasteiger partial charge in [-0.1, -0.05) is 43.2 Å². The third kappa shape index (κ3) is 4.52. The molecule has 1 aromatic carbocycles. The molecule has 0 radical (unpaired) electrons. The number of thiophene rings is 1. The van der Waals surface area contributed by atoms with Gasteiger partial charge in [-0.2, -0.15) is 11.3 Å². The zero-order valence-electron chi connectivity index (χ0n) is 17.6. The summed E-state index contributed by atoms with van der Waals surface area (Å²) < 4.78 is 11.0. The highest BCUT2D eigenvalue weighted by atomic mass is 32.1. The molecule has 30 heavy (non-hydrogen) atoms. The van der Waals surface area contributed by atoms with E-state index in [1.165, 1.54) is 31.2 Å². The summed E-state index contributed by atoms with van der Waals surface area (Å²) in [5, 5.41) is 7.69. The number of carbonyl (C=O) groups excluding carboxylic acids is 1. The van der Waals surface area contributed by atoms with Gasteiger partial charge in [0.2, 0.25) is 0 Å². The maximum absolute atomic E-state index is 13.8. The molecule has 1 fully saturated rings. The molecule has 158 valence electrons. The first-order chi connectivity index (χ1) is 14.7. The Balaban J connectivity index is 1.66. The predicted molar refractivity (Wildman–Crippen MR) is 121 cm³/mol. The summed E-state index contributed by atoms with van der Waals surface area (Å²) in [6.45, 7) is 0. The van der Waals surface area contributed by atoms with Crippen molar-refractivity contribution in [2.24, 2.45) is 0 Å². The van der Waals surface area contributed by atoms with Gasteiger partial charge >= 0.3 is 0 Å². The van der Waals surface area contributed by atoms with E-state index in [2.05, 4.69) is 10.7 Å². The minimum atomic E-state index is -0.461.